The Morgan fingerprint density at radius 3 is 2.58 bits per heavy atom. The summed E-state index contributed by atoms with van der Waals surface area (Å²) >= 11 is 0. The van der Waals surface area contributed by atoms with Gasteiger partial charge in [0.15, 0.2) is 0 Å². The monoisotopic (exact) mass is 420 g/mol. The van der Waals surface area contributed by atoms with E-state index in [0.717, 1.165) is 47.7 Å². The number of carbonyl (C=O) groups is 1. The zero-order valence-electron chi connectivity index (χ0n) is 17.8. The first-order chi connectivity index (χ1) is 15.1. The third-order valence-electron chi connectivity index (χ3n) is 6.77. The fourth-order valence-electron chi connectivity index (χ4n) is 4.86. The van der Waals surface area contributed by atoms with Crippen LogP contribution in [0.1, 0.15) is 55.7 Å². The standard InChI is InChI=1S/C26H29FN2O2/c1-17(26(31)29-25(16-30)20-5-3-2-4-6-20)18-7-9-19(10-8-18)22-13-14-28-24-12-11-21(27)15-23(22)24/h2-6,11-15,17-19,25,30H,7-10,16H2,1H3,(H,29,31)/t17-,18?,19?,25+/m1/s1. The van der Waals surface area contributed by atoms with Crippen LogP contribution in [0.2, 0.25) is 0 Å². The molecule has 0 saturated heterocycles. The molecule has 0 radical (unpaired) electrons. The first kappa shape index (κ1) is 21.4. The smallest absolute Gasteiger partial charge is 0.223 e. The topological polar surface area (TPSA) is 62.2 Å². The van der Waals surface area contributed by atoms with E-state index in [9.17, 15) is 14.3 Å². The Kier molecular flexibility index (Phi) is 6.62. The maximum Gasteiger partial charge on any atom is 0.223 e. The zero-order valence-corrected chi connectivity index (χ0v) is 17.8. The van der Waals surface area contributed by atoms with Crippen molar-refractivity contribution >= 4 is 16.8 Å². The molecule has 1 aliphatic carbocycles. The molecule has 5 heteroatoms. The summed E-state index contributed by atoms with van der Waals surface area (Å²) in [5.41, 5.74) is 2.89. The Balaban J connectivity index is 1.39. The number of nitrogens with one attached hydrogen (secondary N) is 1. The summed E-state index contributed by atoms with van der Waals surface area (Å²) in [5, 5.41) is 13.6. The molecule has 1 amide bonds. The van der Waals surface area contributed by atoms with Crippen LogP contribution in [0.4, 0.5) is 4.39 Å². The van der Waals surface area contributed by atoms with Gasteiger partial charge < -0.3 is 10.4 Å². The largest absolute Gasteiger partial charge is 0.394 e. The van der Waals surface area contributed by atoms with E-state index in [2.05, 4.69) is 10.3 Å². The van der Waals surface area contributed by atoms with Crippen LogP contribution in [0.3, 0.4) is 0 Å². The van der Waals surface area contributed by atoms with Crippen LogP contribution in [0.15, 0.2) is 60.8 Å². The lowest BCUT2D eigenvalue weighted by Gasteiger charge is -2.33. The van der Waals surface area contributed by atoms with Crippen molar-refractivity contribution in [2.45, 2.75) is 44.6 Å². The number of halogens is 1. The highest BCUT2D eigenvalue weighted by Crippen LogP contribution is 2.40. The SMILES string of the molecule is C[C@@H](C(=O)N[C@@H](CO)c1ccccc1)C1CCC(c2ccnc3ccc(F)cc23)CC1. The summed E-state index contributed by atoms with van der Waals surface area (Å²) in [6.45, 7) is 1.86. The summed E-state index contributed by atoms with van der Waals surface area (Å²) < 4.78 is 13.8. The molecule has 1 saturated carbocycles. The van der Waals surface area contributed by atoms with Crippen LogP contribution in [0.5, 0.6) is 0 Å². The lowest BCUT2D eigenvalue weighted by molar-refractivity contribution is -0.127. The molecule has 0 unspecified atom stereocenters. The van der Waals surface area contributed by atoms with Crippen molar-refractivity contribution in [3.05, 3.63) is 77.7 Å². The number of aromatic nitrogens is 1. The second-order valence-corrected chi connectivity index (χ2v) is 8.62. The van der Waals surface area contributed by atoms with Crippen LogP contribution < -0.4 is 5.32 Å². The number of hydrogen-bond acceptors (Lipinski definition) is 3. The van der Waals surface area contributed by atoms with E-state index in [1.165, 1.54) is 6.07 Å². The fraction of sp³-hybridized carbons (Fsp3) is 0.385. The van der Waals surface area contributed by atoms with Gasteiger partial charge >= 0.3 is 0 Å². The number of hydrogen-bond donors (Lipinski definition) is 2. The van der Waals surface area contributed by atoms with Crippen molar-refractivity contribution in [1.82, 2.24) is 10.3 Å². The molecule has 1 fully saturated rings. The summed E-state index contributed by atoms with van der Waals surface area (Å²) in [6, 6.07) is 16.0. The molecule has 1 aliphatic rings. The van der Waals surface area contributed by atoms with E-state index in [0.29, 0.717) is 11.8 Å². The number of benzene rings is 2. The first-order valence-corrected chi connectivity index (χ1v) is 11.1. The minimum Gasteiger partial charge on any atom is -0.394 e. The van der Waals surface area contributed by atoms with Crippen LogP contribution in [-0.4, -0.2) is 22.6 Å². The Morgan fingerprint density at radius 1 is 1.13 bits per heavy atom. The predicted molar refractivity (Wildman–Crippen MR) is 120 cm³/mol. The molecule has 31 heavy (non-hydrogen) atoms. The van der Waals surface area contributed by atoms with Gasteiger partial charge in [-0.1, -0.05) is 37.3 Å². The van der Waals surface area contributed by atoms with Crippen molar-refractivity contribution in [2.24, 2.45) is 11.8 Å². The molecule has 4 rings (SSSR count). The van der Waals surface area contributed by atoms with E-state index in [4.69, 9.17) is 0 Å². The number of aliphatic hydroxyl groups is 1. The molecular weight excluding hydrogens is 391 g/mol. The van der Waals surface area contributed by atoms with E-state index in [1.807, 2.05) is 43.3 Å². The van der Waals surface area contributed by atoms with Gasteiger partial charge in [0.2, 0.25) is 5.91 Å². The molecule has 0 spiro atoms. The summed E-state index contributed by atoms with van der Waals surface area (Å²) in [6.07, 6.45) is 5.65. The molecule has 1 aromatic heterocycles. The Bertz CT molecular complexity index is 1030. The van der Waals surface area contributed by atoms with Crippen molar-refractivity contribution in [3.63, 3.8) is 0 Å². The molecule has 2 N–H and O–H groups in total. The average Bonchev–Trinajstić information content (AvgIpc) is 2.82. The summed E-state index contributed by atoms with van der Waals surface area (Å²) in [4.78, 5) is 17.2. The van der Waals surface area contributed by atoms with Gasteiger partial charge in [0.05, 0.1) is 18.2 Å². The minimum atomic E-state index is -0.384. The lowest BCUT2D eigenvalue weighted by atomic mass is 9.73. The van der Waals surface area contributed by atoms with Crippen molar-refractivity contribution < 1.29 is 14.3 Å². The maximum absolute atomic E-state index is 13.8. The fourth-order valence-corrected chi connectivity index (χ4v) is 4.86. The lowest BCUT2D eigenvalue weighted by Crippen LogP contribution is -2.38. The van der Waals surface area contributed by atoms with Crippen molar-refractivity contribution in [1.29, 1.82) is 0 Å². The Labute approximate surface area is 182 Å². The number of carbonyl (C=O) groups excluding carboxylic acids is 1. The number of nitrogens with zero attached hydrogens (tertiary/aromatic N) is 1. The normalized spacial score (nSPS) is 20.9. The van der Waals surface area contributed by atoms with Gasteiger partial charge in [-0.2, -0.15) is 0 Å². The molecule has 2 aromatic carbocycles. The third kappa shape index (κ3) is 4.77. The number of rotatable bonds is 6. The molecule has 2 atom stereocenters. The third-order valence-corrected chi connectivity index (χ3v) is 6.77. The van der Waals surface area contributed by atoms with Gasteiger partial charge in [0.25, 0.3) is 0 Å². The van der Waals surface area contributed by atoms with Gasteiger partial charge in [-0.25, -0.2) is 4.39 Å². The van der Waals surface area contributed by atoms with Gasteiger partial charge in [0.1, 0.15) is 5.82 Å². The Morgan fingerprint density at radius 2 is 1.87 bits per heavy atom. The first-order valence-electron chi connectivity index (χ1n) is 11.1. The summed E-state index contributed by atoms with van der Waals surface area (Å²) in [7, 11) is 0. The quantitative estimate of drug-likeness (QED) is 0.581. The van der Waals surface area contributed by atoms with Crippen molar-refractivity contribution in [3.8, 4) is 0 Å². The summed E-state index contributed by atoms with van der Waals surface area (Å²) in [5.74, 6) is 0.287. The molecule has 3 aromatic rings. The second-order valence-electron chi connectivity index (χ2n) is 8.62. The number of pyridine rings is 1. The zero-order chi connectivity index (χ0) is 21.8. The van der Waals surface area contributed by atoms with Crippen molar-refractivity contribution in [2.75, 3.05) is 6.61 Å². The van der Waals surface area contributed by atoms with Crippen LogP contribution in [0.25, 0.3) is 10.9 Å². The predicted octanol–water partition coefficient (Wildman–Crippen LogP) is 5.13. The number of aliphatic hydroxyl groups excluding tert-OH is 1. The van der Waals surface area contributed by atoms with Crippen LogP contribution in [0, 0.1) is 17.7 Å². The maximum atomic E-state index is 13.8. The average molecular weight is 421 g/mol. The Hall–Kier alpha value is -2.79. The van der Waals surface area contributed by atoms with E-state index < -0.39 is 0 Å². The van der Waals surface area contributed by atoms with E-state index in [-0.39, 0.29) is 30.3 Å². The van der Waals surface area contributed by atoms with E-state index >= 15 is 0 Å². The van der Waals surface area contributed by atoms with Gasteiger partial charge in [-0.05, 0) is 72.9 Å². The van der Waals surface area contributed by atoms with Crippen LogP contribution >= 0.6 is 0 Å². The minimum absolute atomic E-state index is 0.0113. The van der Waals surface area contributed by atoms with Crippen LogP contribution in [-0.2, 0) is 4.79 Å². The highest BCUT2D eigenvalue weighted by Gasteiger charge is 2.31. The highest BCUT2D eigenvalue weighted by atomic mass is 19.1. The van der Waals surface area contributed by atoms with Gasteiger partial charge in [0, 0.05) is 17.5 Å². The highest BCUT2D eigenvalue weighted by molar-refractivity contribution is 5.82. The van der Waals surface area contributed by atoms with Gasteiger partial charge in [-0.3, -0.25) is 9.78 Å². The van der Waals surface area contributed by atoms with E-state index in [1.54, 1.807) is 18.3 Å². The molecule has 0 bridgehead atoms. The molecule has 4 nitrogen and oxygen atoms in total. The molecule has 162 valence electrons. The molecular formula is C26H29FN2O2. The molecule has 0 aliphatic heterocycles. The number of amides is 1. The number of fused-ring (bicyclic) bond motifs is 1. The molecule has 1 heterocycles. The second kappa shape index (κ2) is 9.56. The van der Waals surface area contributed by atoms with Gasteiger partial charge in [-0.15, -0.1) is 0 Å².